The number of nitrogens with zero attached hydrogens (tertiary/aromatic N) is 6. The van der Waals surface area contributed by atoms with Gasteiger partial charge in [0, 0.05) is 83.4 Å². The van der Waals surface area contributed by atoms with Gasteiger partial charge in [0.2, 0.25) is 5.95 Å². The second-order valence-electron chi connectivity index (χ2n) is 9.05. The fraction of sp³-hybridized carbons (Fsp3) is 0.783. The van der Waals surface area contributed by atoms with Crippen molar-refractivity contribution < 1.29 is 0 Å². The summed E-state index contributed by atoms with van der Waals surface area (Å²) in [5.74, 6) is 1.85. The summed E-state index contributed by atoms with van der Waals surface area (Å²) in [6.07, 6.45) is 11.6. The quantitative estimate of drug-likeness (QED) is 0.220. The third-order valence-electron chi connectivity index (χ3n) is 6.86. The van der Waals surface area contributed by atoms with Crippen molar-refractivity contribution in [3.63, 3.8) is 0 Å². The molecular formula is C23H41IN8. The maximum atomic E-state index is 4.87. The molecule has 1 atom stereocenters. The van der Waals surface area contributed by atoms with Crippen molar-refractivity contribution in [3.05, 3.63) is 18.5 Å². The zero-order valence-corrected chi connectivity index (χ0v) is 21.9. The zero-order chi connectivity index (χ0) is 21.3. The molecule has 0 amide bonds. The molecule has 0 aromatic carbocycles. The van der Waals surface area contributed by atoms with Crippen LogP contribution in [-0.2, 0) is 0 Å². The molecule has 3 fully saturated rings. The maximum Gasteiger partial charge on any atom is 0.225 e. The Morgan fingerprint density at radius 1 is 1.06 bits per heavy atom. The van der Waals surface area contributed by atoms with Crippen molar-refractivity contribution in [1.29, 1.82) is 0 Å². The Hall–Kier alpha value is -1.20. The number of likely N-dealkylation sites (tertiary alicyclic amines) is 1. The first kappa shape index (κ1) is 25.4. The molecule has 9 heteroatoms. The Balaban J connectivity index is 0.00000289. The molecule has 32 heavy (non-hydrogen) atoms. The number of hydrogen-bond acceptors (Lipinski definition) is 6. The molecule has 0 radical (unpaired) electrons. The van der Waals surface area contributed by atoms with E-state index in [4.69, 9.17) is 4.99 Å². The Morgan fingerprint density at radius 3 is 2.53 bits per heavy atom. The second-order valence-corrected chi connectivity index (χ2v) is 9.05. The number of aliphatic imine (C=N–C) groups is 1. The van der Waals surface area contributed by atoms with Gasteiger partial charge in [-0.2, -0.15) is 0 Å². The minimum atomic E-state index is 0. The SMILES string of the molecule is CCNC(=NCCCN1CCN(c2ncccn2)CC1)NC1CCN(C2CCCC2)C1.I. The topological polar surface area (TPSA) is 71.9 Å². The summed E-state index contributed by atoms with van der Waals surface area (Å²) in [5.41, 5.74) is 0. The lowest BCUT2D eigenvalue weighted by molar-refractivity contribution is 0.242. The van der Waals surface area contributed by atoms with Crippen LogP contribution in [0.15, 0.2) is 23.5 Å². The number of nitrogens with one attached hydrogen (secondary N) is 2. The van der Waals surface area contributed by atoms with E-state index in [0.717, 1.165) is 70.2 Å². The van der Waals surface area contributed by atoms with Crippen molar-refractivity contribution in [2.45, 2.75) is 57.5 Å². The van der Waals surface area contributed by atoms with Gasteiger partial charge in [-0.3, -0.25) is 14.8 Å². The average Bonchev–Trinajstić information content (AvgIpc) is 3.50. The predicted octanol–water partition coefficient (Wildman–Crippen LogP) is 2.18. The van der Waals surface area contributed by atoms with Crippen molar-refractivity contribution >= 4 is 35.9 Å². The van der Waals surface area contributed by atoms with E-state index in [1.54, 1.807) is 0 Å². The van der Waals surface area contributed by atoms with Crippen LogP contribution in [0.1, 0.15) is 45.4 Å². The van der Waals surface area contributed by atoms with Crippen LogP contribution in [0.25, 0.3) is 0 Å². The highest BCUT2D eigenvalue weighted by Gasteiger charge is 2.30. The Morgan fingerprint density at radius 2 is 1.81 bits per heavy atom. The van der Waals surface area contributed by atoms with Gasteiger partial charge in [-0.05, 0) is 38.7 Å². The minimum absolute atomic E-state index is 0. The molecule has 3 heterocycles. The van der Waals surface area contributed by atoms with Crippen LogP contribution in [0.5, 0.6) is 0 Å². The van der Waals surface area contributed by atoms with Gasteiger partial charge >= 0.3 is 0 Å². The number of rotatable bonds is 8. The molecule has 1 aliphatic carbocycles. The number of piperazine rings is 1. The van der Waals surface area contributed by atoms with Crippen LogP contribution in [0.2, 0.25) is 0 Å². The molecule has 1 aromatic heterocycles. The summed E-state index contributed by atoms with van der Waals surface area (Å²) < 4.78 is 0. The van der Waals surface area contributed by atoms with E-state index in [9.17, 15) is 0 Å². The summed E-state index contributed by atoms with van der Waals surface area (Å²) in [6, 6.07) is 3.24. The van der Waals surface area contributed by atoms with Gasteiger partial charge in [-0.1, -0.05) is 12.8 Å². The summed E-state index contributed by atoms with van der Waals surface area (Å²) in [4.78, 5) is 21.1. The normalized spacial score (nSPS) is 23.3. The van der Waals surface area contributed by atoms with Crippen LogP contribution >= 0.6 is 24.0 Å². The lowest BCUT2D eigenvalue weighted by Gasteiger charge is -2.34. The first-order valence-electron chi connectivity index (χ1n) is 12.3. The smallest absolute Gasteiger partial charge is 0.225 e. The monoisotopic (exact) mass is 556 g/mol. The van der Waals surface area contributed by atoms with Gasteiger partial charge in [-0.25, -0.2) is 9.97 Å². The molecular weight excluding hydrogens is 515 g/mol. The van der Waals surface area contributed by atoms with Crippen molar-refractivity contribution in [3.8, 4) is 0 Å². The van der Waals surface area contributed by atoms with E-state index >= 15 is 0 Å². The predicted molar refractivity (Wildman–Crippen MR) is 142 cm³/mol. The molecule has 2 aliphatic heterocycles. The summed E-state index contributed by atoms with van der Waals surface area (Å²) in [7, 11) is 0. The largest absolute Gasteiger partial charge is 0.357 e. The van der Waals surface area contributed by atoms with E-state index in [1.165, 1.54) is 45.2 Å². The minimum Gasteiger partial charge on any atom is -0.357 e. The maximum absolute atomic E-state index is 4.87. The van der Waals surface area contributed by atoms with Crippen molar-refractivity contribution in [2.24, 2.45) is 4.99 Å². The molecule has 8 nitrogen and oxygen atoms in total. The van der Waals surface area contributed by atoms with Crippen LogP contribution in [0.3, 0.4) is 0 Å². The summed E-state index contributed by atoms with van der Waals surface area (Å²) >= 11 is 0. The zero-order valence-electron chi connectivity index (χ0n) is 19.6. The molecule has 0 spiro atoms. The van der Waals surface area contributed by atoms with Crippen molar-refractivity contribution in [1.82, 2.24) is 30.4 Å². The van der Waals surface area contributed by atoms with E-state index in [2.05, 4.69) is 42.2 Å². The molecule has 1 saturated carbocycles. The van der Waals surface area contributed by atoms with Gasteiger partial charge in [0.15, 0.2) is 5.96 Å². The van der Waals surface area contributed by atoms with Gasteiger partial charge in [0.05, 0.1) is 0 Å². The highest BCUT2D eigenvalue weighted by Crippen LogP contribution is 2.26. The number of aromatic nitrogens is 2. The van der Waals surface area contributed by atoms with Crippen LogP contribution in [-0.4, -0.2) is 96.7 Å². The number of guanidine groups is 1. The van der Waals surface area contributed by atoms with Gasteiger partial charge in [0.25, 0.3) is 0 Å². The highest BCUT2D eigenvalue weighted by atomic mass is 127. The second kappa shape index (κ2) is 13.5. The molecule has 2 N–H and O–H groups in total. The number of anilines is 1. The number of hydrogen-bond donors (Lipinski definition) is 2. The first-order valence-corrected chi connectivity index (χ1v) is 12.3. The van der Waals surface area contributed by atoms with Gasteiger partial charge < -0.3 is 15.5 Å². The molecule has 1 aromatic rings. The van der Waals surface area contributed by atoms with Gasteiger partial charge in [0.1, 0.15) is 0 Å². The van der Waals surface area contributed by atoms with Crippen LogP contribution < -0.4 is 15.5 Å². The lowest BCUT2D eigenvalue weighted by Crippen LogP contribution is -2.47. The van der Waals surface area contributed by atoms with E-state index in [-0.39, 0.29) is 24.0 Å². The molecule has 2 saturated heterocycles. The highest BCUT2D eigenvalue weighted by molar-refractivity contribution is 14.0. The van der Waals surface area contributed by atoms with E-state index in [1.807, 2.05) is 18.5 Å². The number of halogens is 1. The molecule has 1 unspecified atom stereocenters. The van der Waals surface area contributed by atoms with Crippen LogP contribution in [0.4, 0.5) is 5.95 Å². The van der Waals surface area contributed by atoms with Gasteiger partial charge in [-0.15, -0.1) is 24.0 Å². The van der Waals surface area contributed by atoms with Crippen molar-refractivity contribution in [2.75, 3.05) is 63.8 Å². The third kappa shape index (κ3) is 7.41. The summed E-state index contributed by atoms with van der Waals surface area (Å²) in [6.45, 7) is 11.6. The molecule has 0 bridgehead atoms. The molecule has 180 valence electrons. The van der Waals surface area contributed by atoms with E-state index < -0.39 is 0 Å². The first-order chi connectivity index (χ1) is 15.3. The molecule has 4 rings (SSSR count). The standard InChI is InChI=1S/C23H40N8.HI/c1-2-24-22(28-20-9-14-31(19-20)21-7-3-4-8-21)25-12-6-13-29-15-17-30(18-16-29)23-26-10-5-11-27-23;/h5,10-11,20-21H,2-4,6-9,12-19H2,1H3,(H2,24,25,28);1H. The molecule has 3 aliphatic rings. The Labute approximate surface area is 210 Å². The van der Waals surface area contributed by atoms with Crippen LogP contribution in [0, 0.1) is 0 Å². The fourth-order valence-corrected chi connectivity index (χ4v) is 5.13. The Kier molecular flexibility index (Phi) is 10.7. The Bertz CT molecular complexity index is 674. The average molecular weight is 557 g/mol. The third-order valence-corrected chi connectivity index (χ3v) is 6.86. The fourth-order valence-electron chi connectivity index (χ4n) is 5.13. The summed E-state index contributed by atoms with van der Waals surface area (Å²) in [5, 5.41) is 7.14. The van der Waals surface area contributed by atoms with E-state index in [0.29, 0.717) is 6.04 Å². The lowest BCUT2D eigenvalue weighted by atomic mass is 10.2.